The number of aromatic nitrogens is 3. The number of hydrogen-bond donors (Lipinski definition) is 2. The number of amides is 1. The van der Waals surface area contributed by atoms with Crippen LogP contribution in [0.4, 0.5) is 4.79 Å². The van der Waals surface area contributed by atoms with E-state index in [2.05, 4.69) is 20.5 Å². The fourth-order valence-corrected chi connectivity index (χ4v) is 2.12. The number of nitrogens with one attached hydrogen (secondary N) is 2. The average Bonchev–Trinajstić information content (AvgIpc) is 2.95. The Morgan fingerprint density at radius 1 is 1.53 bits per heavy atom. The molecule has 2 rings (SSSR count). The van der Waals surface area contributed by atoms with Crippen LogP contribution in [0.15, 0.2) is 17.8 Å². The third-order valence-corrected chi connectivity index (χ3v) is 2.98. The van der Waals surface area contributed by atoms with Crippen LogP contribution in [0.3, 0.4) is 0 Å². The number of nitrogens with zero attached hydrogens (tertiary/aromatic N) is 2. The van der Waals surface area contributed by atoms with Crippen molar-refractivity contribution in [3.63, 3.8) is 0 Å². The zero-order valence-corrected chi connectivity index (χ0v) is 11.9. The van der Waals surface area contributed by atoms with E-state index in [9.17, 15) is 4.79 Å². The molecule has 0 saturated heterocycles. The van der Waals surface area contributed by atoms with Crippen molar-refractivity contribution in [2.45, 2.75) is 32.9 Å². The predicted octanol–water partition coefficient (Wildman–Crippen LogP) is 2.56. The second kappa shape index (κ2) is 5.40. The molecule has 102 valence electrons. The Bertz CT molecular complexity index is 542. The van der Waals surface area contributed by atoms with Gasteiger partial charge >= 0.3 is 6.09 Å². The molecule has 2 N–H and O–H groups in total. The summed E-state index contributed by atoms with van der Waals surface area (Å²) in [5.41, 5.74) is 1.29. The van der Waals surface area contributed by atoms with Crippen molar-refractivity contribution in [1.82, 2.24) is 20.5 Å². The highest BCUT2D eigenvalue weighted by atomic mass is 32.1. The molecule has 2 aromatic rings. The van der Waals surface area contributed by atoms with Gasteiger partial charge in [-0.1, -0.05) is 0 Å². The molecule has 0 fully saturated rings. The van der Waals surface area contributed by atoms with Crippen molar-refractivity contribution >= 4 is 17.4 Å². The summed E-state index contributed by atoms with van der Waals surface area (Å²) in [6, 6.07) is 0. The maximum atomic E-state index is 11.5. The van der Waals surface area contributed by atoms with E-state index in [-0.39, 0.29) is 0 Å². The maximum Gasteiger partial charge on any atom is 0.408 e. The van der Waals surface area contributed by atoms with Crippen LogP contribution in [0.5, 0.6) is 0 Å². The summed E-state index contributed by atoms with van der Waals surface area (Å²) >= 11 is 1.48. The molecule has 0 spiro atoms. The van der Waals surface area contributed by atoms with Crippen LogP contribution in [-0.2, 0) is 11.3 Å². The Hall–Kier alpha value is -1.89. The summed E-state index contributed by atoms with van der Waals surface area (Å²) in [7, 11) is 0. The third-order valence-electron chi connectivity index (χ3n) is 2.13. The monoisotopic (exact) mass is 280 g/mol. The summed E-state index contributed by atoms with van der Waals surface area (Å²) in [6.45, 7) is 5.84. The molecular formula is C12H16N4O2S. The van der Waals surface area contributed by atoms with E-state index in [4.69, 9.17) is 4.74 Å². The molecule has 0 saturated carbocycles. The molecule has 2 aromatic heterocycles. The van der Waals surface area contributed by atoms with Crippen molar-refractivity contribution in [2.24, 2.45) is 0 Å². The first kappa shape index (κ1) is 13.5. The Morgan fingerprint density at radius 2 is 2.32 bits per heavy atom. The van der Waals surface area contributed by atoms with Crippen LogP contribution >= 0.6 is 11.3 Å². The number of ether oxygens (including phenoxy) is 1. The van der Waals surface area contributed by atoms with E-state index in [1.807, 2.05) is 26.2 Å². The zero-order valence-electron chi connectivity index (χ0n) is 11.1. The van der Waals surface area contributed by atoms with Gasteiger partial charge in [0.2, 0.25) is 0 Å². The van der Waals surface area contributed by atoms with Gasteiger partial charge in [0.05, 0.1) is 18.4 Å². The number of carbonyl (C=O) groups excluding carboxylic acids is 1. The minimum Gasteiger partial charge on any atom is -0.444 e. The predicted molar refractivity (Wildman–Crippen MR) is 72.8 cm³/mol. The molecule has 0 radical (unpaired) electrons. The third kappa shape index (κ3) is 4.06. The van der Waals surface area contributed by atoms with Gasteiger partial charge in [-0.2, -0.15) is 5.10 Å². The van der Waals surface area contributed by atoms with Crippen molar-refractivity contribution in [3.05, 3.63) is 22.8 Å². The highest BCUT2D eigenvalue weighted by Crippen LogP contribution is 2.20. The lowest BCUT2D eigenvalue weighted by Crippen LogP contribution is -2.32. The molecule has 6 nitrogen and oxygen atoms in total. The quantitative estimate of drug-likeness (QED) is 0.905. The minimum atomic E-state index is -0.491. The number of hydrogen-bond acceptors (Lipinski definition) is 5. The minimum absolute atomic E-state index is 0.359. The molecule has 0 aliphatic rings. The molecule has 0 aromatic carbocycles. The van der Waals surface area contributed by atoms with E-state index in [1.54, 1.807) is 12.4 Å². The van der Waals surface area contributed by atoms with E-state index in [0.29, 0.717) is 6.54 Å². The number of aromatic amines is 1. The number of thiazole rings is 1. The first-order chi connectivity index (χ1) is 8.94. The summed E-state index contributed by atoms with van der Waals surface area (Å²) < 4.78 is 5.15. The average molecular weight is 280 g/mol. The molecular weight excluding hydrogens is 264 g/mol. The summed E-state index contributed by atoms with van der Waals surface area (Å²) in [4.78, 5) is 15.9. The van der Waals surface area contributed by atoms with Crippen molar-refractivity contribution in [3.8, 4) is 11.3 Å². The van der Waals surface area contributed by atoms with Gasteiger partial charge in [-0.25, -0.2) is 9.78 Å². The number of rotatable bonds is 3. The van der Waals surface area contributed by atoms with Crippen molar-refractivity contribution < 1.29 is 9.53 Å². The van der Waals surface area contributed by atoms with Crippen LogP contribution in [0.25, 0.3) is 11.3 Å². The van der Waals surface area contributed by atoms with Crippen molar-refractivity contribution in [2.75, 3.05) is 0 Å². The Morgan fingerprint density at radius 3 is 2.95 bits per heavy atom. The van der Waals surface area contributed by atoms with Crippen LogP contribution in [0, 0.1) is 0 Å². The number of H-pyrrole nitrogens is 1. The van der Waals surface area contributed by atoms with Crippen LogP contribution in [-0.4, -0.2) is 26.9 Å². The summed E-state index contributed by atoms with van der Waals surface area (Å²) in [5, 5.41) is 12.0. The summed E-state index contributed by atoms with van der Waals surface area (Å²) in [5.74, 6) is 0. The molecule has 19 heavy (non-hydrogen) atoms. The molecule has 0 aliphatic carbocycles. The lowest BCUT2D eigenvalue weighted by molar-refractivity contribution is 0.0523. The van der Waals surface area contributed by atoms with Gasteiger partial charge in [0, 0.05) is 17.1 Å². The largest absolute Gasteiger partial charge is 0.444 e. The van der Waals surface area contributed by atoms with E-state index in [0.717, 1.165) is 16.3 Å². The fourth-order valence-electron chi connectivity index (χ4n) is 1.38. The second-order valence-corrected chi connectivity index (χ2v) is 5.91. The normalized spacial score (nSPS) is 11.3. The van der Waals surface area contributed by atoms with Gasteiger partial charge in [-0.05, 0) is 20.8 Å². The SMILES string of the molecule is CC(C)(C)OC(=O)NCc1nc(-c2cn[nH]c2)cs1. The Labute approximate surface area is 115 Å². The molecule has 2 heterocycles. The maximum absolute atomic E-state index is 11.5. The van der Waals surface area contributed by atoms with Crippen molar-refractivity contribution in [1.29, 1.82) is 0 Å². The van der Waals surface area contributed by atoms with Gasteiger partial charge in [0.25, 0.3) is 0 Å². The number of alkyl carbamates (subject to hydrolysis) is 1. The second-order valence-electron chi connectivity index (χ2n) is 4.97. The van der Waals surface area contributed by atoms with Gasteiger partial charge in [-0.3, -0.25) is 5.10 Å². The zero-order chi connectivity index (χ0) is 13.9. The van der Waals surface area contributed by atoms with E-state index >= 15 is 0 Å². The van der Waals surface area contributed by atoms with Crippen LogP contribution in [0.2, 0.25) is 0 Å². The highest BCUT2D eigenvalue weighted by Gasteiger charge is 2.16. The molecule has 0 bridgehead atoms. The van der Waals surface area contributed by atoms with Gasteiger partial charge in [0.15, 0.2) is 0 Å². The molecule has 0 aliphatic heterocycles. The Balaban J connectivity index is 1.89. The standard InChI is InChI=1S/C12H16N4O2S/c1-12(2,3)18-11(17)13-6-10-16-9(7-19-10)8-4-14-15-5-8/h4-5,7H,6H2,1-3H3,(H,13,17)(H,14,15). The van der Waals surface area contributed by atoms with Gasteiger partial charge in [-0.15, -0.1) is 11.3 Å². The molecule has 0 atom stereocenters. The highest BCUT2D eigenvalue weighted by molar-refractivity contribution is 7.09. The lowest BCUT2D eigenvalue weighted by atomic mass is 10.2. The van der Waals surface area contributed by atoms with E-state index < -0.39 is 11.7 Å². The molecule has 0 unspecified atom stereocenters. The van der Waals surface area contributed by atoms with E-state index in [1.165, 1.54) is 11.3 Å². The Kier molecular flexibility index (Phi) is 3.84. The first-order valence-electron chi connectivity index (χ1n) is 5.84. The smallest absolute Gasteiger partial charge is 0.408 e. The van der Waals surface area contributed by atoms with Gasteiger partial charge < -0.3 is 10.1 Å². The summed E-state index contributed by atoms with van der Waals surface area (Å²) in [6.07, 6.45) is 3.05. The topological polar surface area (TPSA) is 79.9 Å². The molecule has 1 amide bonds. The van der Waals surface area contributed by atoms with Crippen LogP contribution < -0.4 is 5.32 Å². The van der Waals surface area contributed by atoms with Gasteiger partial charge in [0.1, 0.15) is 10.6 Å². The first-order valence-corrected chi connectivity index (χ1v) is 6.72. The molecule has 7 heteroatoms. The van der Waals surface area contributed by atoms with Crippen LogP contribution in [0.1, 0.15) is 25.8 Å². The lowest BCUT2D eigenvalue weighted by Gasteiger charge is -2.19. The fraction of sp³-hybridized carbons (Fsp3) is 0.417. The number of carbonyl (C=O) groups is 1.